The van der Waals surface area contributed by atoms with Gasteiger partial charge in [0.15, 0.2) is 11.5 Å². The Morgan fingerprint density at radius 1 is 1.20 bits per heavy atom. The first-order valence-electron chi connectivity index (χ1n) is 9.84. The lowest BCUT2D eigenvalue weighted by Gasteiger charge is -2.21. The fraction of sp³-hybridized carbons (Fsp3) is 0.238. The Bertz CT molecular complexity index is 1210. The molecule has 0 atom stereocenters. The topological polar surface area (TPSA) is 111 Å². The van der Waals surface area contributed by atoms with E-state index in [0.29, 0.717) is 39.4 Å². The number of fused-ring (bicyclic) bond motifs is 1. The predicted molar refractivity (Wildman–Crippen MR) is 111 cm³/mol. The van der Waals surface area contributed by atoms with Crippen LogP contribution in [0.25, 0.3) is 33.7 Å². The van der Waals surface area contributed by atoms with Gasteiger partial charge in [0.1, 0.15) is 5.82 Å². The Balaban J connectivity index is 1.48. The molecule has 8 nitrogen and oxygen atoms in total. The highest BCUT2D eigenvalue weighted by molar-refractivity contribution is 5.97. The highest BCUT2D eigenvalue weighted by Crippen LogP contribution is 2.31. The monoisotopic (exact) mass is 405 g/mol. The van der Waals surface area contributed by atoms with Gasteiger partial charge in [0.2, 0.25) is 5.91 Å². The molecular formula is C21H20FN7O. The highest BCUT2D eigenvalue weighted by Gasteiger charge is 2.23. The van der Waals surface area contributed by atoms with E-state index in [2.05, 4.69) is 35.8 Å². The van der Waals surface area contributed by atoms with Gasteiger partial charge < -0.3 is 15.6 Å². The first-order valence-corrected chi connectivity index (χ1v) is 9.84. The zero-order chi connectivity index (χ0) is 20.5. The molecule has 4 heterocycles. The summed E-state index contributed by atoms with van der Waals surface area (Å²) in [7, 11) is 0. The Morgan fingerprint density at radius 3 is 2.90 bits per heavy atom. The number of halogens is 1. The molecule has 1 amide bonds. The molecule has 9 heteroatoms. The minimum absolute atomic E-state index is 0.0163. The molecule has 0 bridgehead atoms. The number of aromatic nitrogens is 5. The third-order valence-electron chi connectivity index (χ3n) is 5.36. The number of rotatable bonds is 4. The number of carbonyl (C=O) groups is 1. The Morgan fingerprint density at radius 2 is 2.07 bits per heavy atom. The van der Waals surface area contributed by atoms with Crippen molar-refractivity contribution in [1.29, 1.82) is 0 Å². The minimum Gasteiger partial charge on any atom is -0.335 e. The van der Waals surface area contributed by atoms with E-state index >= 15 is 0 Å². The lowest BCUT2D eigenvalue weighted by Crippen LogP contribution is -2.34. The second-order valence-electron chi connectivity index (χ2n) is 7.34. The van der Waals surface area contributed by atoms with Gasteiger partial charge in [0.25, 0.3) is 0 Å². The van der Waals surface area contributed by atoms with E-state index < -0.39 is 0 Å². The molecule has 1 fully saturated rings. The molecule has 4 N–H and O–H groups in total. The van der Waals surface area contributed by atoms with E-state index in [1.54, 1.807) is 24.7 Å². The molecule has 0 radical (unpaired) electrons. The number of nitrogens with one attached hydrogen (secondary N) is 4. The number of imidazole rings is 1. The number of H-pyrrole nitrogens is 2. The second-order valence-corrected chi connectivity index (χ2v) is 7.34. The van der Waals surface area contributed by atoms with Gasteiger partial charge in [-0.25, -0.2) is 9.37 Å². The van der Waals surface area contributed by atoms with Crippen LogP contribution in [0.3, 0.4) is 0 Å². The summed E-state index contributed by atoms with van der Waals surface area (Å²) in [6.07, 6.45) is 6.59. The van der Waals surface area contributed by atoms with Crippen molar-refractivity contribution in [2.24, 2.45) is 5.92 Å². The van der Waals surface area contributed by atoms with Crippen LogP contribution < -0.4 is 10.6 Å². The third kappa shape index (κ3) is 3.43. The highest BCUT2D eigenvalue weighted by atomic mass is 19.1. The zero-order valence-corrected chi connectivity index (χ0v) is 16.1. The average molecular weight is 405 g/mol. The number of pyridine rings is 1. The molecule has 1 aliphatic heterocycles. The van der Waals surface area contributed by atoms with Gasteiger partial charge in [-0.3, -0.25) is 14.9 Å². The molecule has 1 saturated heterocycles. The normalized spacial score (nSPS) is 14.8. The number of anilines is 1. The van der Waals surface area contributed by atoms with E-state index in [4.69, 9.17) is 0 Å². The van der Waals surface area contributed by atoms with Crippen LogP contribution in [-0.2, 0) is 4.79 Å². The van der Waals surface area contributed by atoms with Crippen LogP contribution in [0.2, 0.25) is 0 Å². The van der Waals surface area contributed by atoms with Crippen molar-refractivity contribution < 1.29 is 9.18 Å². The number of hydrogen-bond acceptors (Lipinski definition) is 5. The van der Waals surface area contributed by atoms with Gasteiger partial charge in [-0.1, -0.05) is 12.1 Å². The number of carbonyl (C=O) groups excluding carboxylic acids is 1. The Hall–Kier alpha value is -3.59. The van der Waals surface area contributed by atoms with Crippen LogP contribution in [0.1, 0.15) is 12.8 Å². The van der Waals surface area contributed by atoms with Crippen molar-refractivity contribution in [2.45, 2.75) is 12.8 Å². The van der Waals surface area contributed by atoms with E-state index in [1.807, 2.05) is 6.07 Å². The summed E-state index contributed by atoms with van der Waals surface area (Å²) in [4.78, 5) is 24.8. The van der Waals surface area contributed by atoms with Crippen molar-refractivity contribution in [3.8, 4) is 22.6 Å². The minimum atomic E-state index is -0.324. The number of aromatic amines is 2. The Labute approximate surface area is 171 Å². The summed E-state index contributed by atoms with van der Waals surface area (Å²) < 4.78 is 13.7. The molecular weight excluding hydrogens is 385 g/mol. The van der Waals surface area contributed by atoms with E-state index in [1.165, 1.54) is 12.1 Å². The molecule has 0 aliphatic carbocycles. The van der Waals surface area contributed by atoms with Crippen LogP contribution in [-0.4, -0.2) is 44.1 Å². The van der Waals surface area contributed by atoms with Gasteiger partial charge in [0, 0.05) is 23.9 Å². The maximum atomic E-state index is 13.7. The number of nitrogens with zero attached hydrogens (tertiary/aromatic N) is 3. The molecule has 3 aromatic heterocycles. The average Bonchev–Trinajstić information content (AvgIpc) is 3.40. The van der Waals surface area contributed by atoms with E-state index in [0.717, 1.165) is 25.9 Å². The summed E-state index contributed by atoms with van der Waals surface area (Å²) in [5.74, 6) is 0.138. The van der Waals surface area contributed by atoms with Gasteiger partial charge in [-0.05, 0) is 43.6 Å². The van der Waals surface area contributed by atoms with Crippen molar-refractivity contribution in [3.63, 3.8) is 0 Å². The van der Waals surface area contributed by atoms with Crippen LogP contribution in [0, 0.1) is 11.7 Å². The van der Waals surface area contributed by atoms with Crippen molar-refractivity contribution in [3.05, 3.63) is 48.7 Å². The lowest BCUT2D eigenvalue weighted by atomic mass is 9.97. The first-order chi connectivity index (χ1) is 14.7. The smallest absolute Gasteiger partial charge is 0.227 e. The predicted octanol–water partition coefficient (Wildman–Crippen LogP) is 3.09. The summed E-state index contributed by atoms with van der Waals surface area (Å²) >= 11 is 0. The quantitative estimate of drug-likeness (QED) is 0.417. The van der Waals surface area contributed by atoms with Gasteiger partial charge >= 0.3 is 0 Å². The number of amides is 1. The molecule has 0 saturated carbocycles. The van der Waals surface area contributed by atoms with E-state index in [9.17, 15) is 9.18 Å². The van der Waals surface area contributed by atoms with E-state index in [-0.39, 0.29) is 17.6 Å². The van der Waals surface area contributed by atoms with Crippen LogP contribution in [0.15, 0.2) is 42.9 Å². The molecule has 4 aromatic rings. The standard InChI is InChI=1S/C21H20FN7O/c22-14-3-1-2-13(8-14)15-9-24-10-16-18(15)28-20(26-16)19-17(11-25-29-19)27-21(30)12-4-6-23-7-5-12/h1-3,8-12,23H,4-7H2,(H,25,29)(H,26,28)(H,27,30). The summed E-state index contributed by atoms with van der Waals surface area (Å²) in [5.41, 5.74) is 3.84. The molecule has 1 aliphatic rings. The summed E-state index contributed by atoms with van der Waals surface area (Å²) in [6, 6.07) is 6.31. The van der Waals surface area contributed by atoms with Crippen LogP contribution in [0.4, 0.5) is 10.1 Å². The third-order valence-corrected chi connectivity index (χ3v) is 5.36. The van der Waals surface area contributed by atoms with Crippen LogP contribution >= 0.6 is 0 Å². The van der Waals surface area contributed by atoms with Crippen molar-refractivity contribution in [2.75, 3.05) is 18.4 Å². The van der Waals surface area contributed by atoms with Crippen molar-refractivity contribution >= 4 is 22.6 Å². The molecule has 5 rings (SSSR count). The van der Waals surface area contributed by atoms with Gasteiger partial charge in [-0.15, -0.1) is 0 Å². The Kier molecular flexibility index (Phi) is 4.72. The zero-order valence-electron chi connectivity index (χ0n) is 16.1. The number of piperidine rings is 1. The maximum Gasteiger partial charge on any atom is 0.227 e. The maximum absolute atomic E-state index is 13.7. The molecule has 0 unspecified atom stereocenters. The lowest BCUT2D eigenvalue weighted by molar-refractivity contribution is -0.120. The molecule has 1 aromatic carbocycles. The molecule has 30 heavy (non-hydrogen) atoms. The second kappa shape index (κ2) is 7.68. The molecule has 152 valence electrons. The molecule has 0 spiro atoms. The summed E-state index contributed by atoms with van der Waals surface area (Å²) in [6.45, 7) is 1.69. The largest absolute Gasteiger partial charge is 0.335 e. The van der Waals surface area contributed by atoms with Gasteiger partial charge in [0.05, 0.1) is 22.9 Å². The number of hydrogen-bond donors (Lipinski definition) is 4. The van der Waals surface area contributed by atoms with Crippen LogP contribution in [0.5, 0.6) is 0 Å². The fourth-order valence-electron chi connectivity index (χ4n) is 3.80. The first kappa shape index (κ1) is 18.4. The van der Waals surface area contributed by atoms with Gasteiger partial charge in [-0.2, -0.15) is 5.10 Å². The van der Waals surface area contributed by atoms with Crippen molar-refractivity contribution in [1.82, 2.24) is 30.5 Å². The fourth-order valence-corrected chi connectivity index (χ4v) is 3.80. The summed E-state index contributed by atoms with van der Waals surface area (Å²) in [5, 5.41) is 13.3. The number of benzene rings is 1. The SMILES string of the molecule is O=C(Nc1c[nH]nc1-c1nc2c(-c3cccc(F)c3)cncc2[nH]1)C1CCNCC1.